The molecular formula is C14H11ClN2O. The zero-order valence-electron chi connectivity index (χ0n) is 9.56. The molecule has 0 radical (unpaired) electrons. The number of halogens is 1. The van der Waals surface area contributed by atoms with Gasteiger partial charge in [-0.3, -0.25) is 4.79 Å². The zero-order chi connectivity index (χ0) is 12.5. The van der Waals surface area contributed by atoms with Gasteiger partial charge in [0.05, 0.1) is 11.4 Å². The van der Waals surface area contributed by atoms with E-state index < -0.39 is 0 Å². The van der Waals surface area contributed by atoms with E-state index in [9.17, 15) is 4.79 Å². The Kier molecular flexibility index (Phi) is 2.68. The van der Waals surface area contributed by atoms with Gasteiger partial charge in [-0.2, -0.15) is 0 Å². The number of carbonyl (C=O) groups excluding carboxylic acids is 1. The zero-order valence-corrected chi connectivity index (χ0v) is 10.3. The fourth-order valence-corrected chi connectivity index (χ4v) is 2.21. The maximum Gasteiger partial charge on any atom is 0.244 e. The number of para-hydroxylation sites is 2. The Hall–Kier alpha value is -2.00. The molecule has 1 aliphatic heterocycles. The molecule has 1 aliphatic rings. The van der Waals surface area contributed by atoms with Gasteiger partial charge in [-0.25, -0.2) is 0 Å². The minimum atomic E-state index is -0.0105. The van der Waals surface area contributed by atoms with Gasteiger partial charge in [0.15, 0.2) is 0 Å². The average Bonchev–Trinajstić information content (AvgIpc) is 2.38. The molecule has 0 saturated heterocycles. The van der Waals surface area contributed by atoms with Crippen LogP contribution in [0.15, 0.2) is 48.5 Å². The van der Waals surface area contributed by atoms with Gasteiger partial charge in [0, 0.05) is 10.7 Å². The number of nitrogens with zero attached hydrogens (tertiary/aromatic N) is 1. The second-order valence-corrected chi connectivity index (χ2v) is 4.56. The lowest BCUT2D eigenvalue weighted by Gasteiger charge is -2.30. The molecule has 0 aromatic heterocycles. The first-order valence-corrected chi connectivity index (χ1v) is 6.04. The molecule has 0 saturated carbocycles. The monoisotopic (exact) mass is 258 g/mol. The molecule has 2 aromatic carbocycles. The van der Waals surface area contributed by atoms with Crippen LogP contribution in [0.3, 0.4) is 0 Å². The standard InChI is InChI=1S/C14H11ClN2O/c15-10-5-7-11(8-6-10)17-9-14(18)16-12-3-1-2-4-13(12)17/h1-8H,9H2,(H,16,18). The van der Waals surface area contributed by atoms with Crippen LogP contribution in [-0.4, -0.2) is 12.5 Å². The first kappa shape index (κ1) is 11.1. The highest BCUT2D eigenvalue weighted by Crippen LogP contribution is 2.34. The molecule has 4 heteroatoms. The number of carbonyl (C=O) groups is 1. The fourth-order valence-electron chi connectivity index (χ4n) is 2.08. The quantitative estimate of drug-likeness (QED) is 0.850. The minimum absolute atomic E-state index is 0.0105. The summed E-state index contributed by atoms with van der Waals surface area (Å²) in [5, 5.41) is 3.55. The van der Waals surface area contributed by atoms with E-state index in [1.807, 2.05) is 53.4 Å². The van der Waals surface area contributed by atoms with Crippen LogP contribution in [0.5, 0.6) is 0 Å². The summed E-state index contributed by atoms with van der Waals surface area (Å²) < 4.78 is 0. The summed E-state index contributed by atoms with van der Waals surface area (Å²) in [4.78, 5) is 13.7. The second-order valence-electron chi connectivity index (χ2n) is 4.13. The van der Waals surface area contributed by atoms with Gasteiger partial charge in [0.1, 0.15) is 6.54 Å². The number of nitrogens with one attached hydrogen (secondary N) is 1. The first-order valence-electron chi connectivity index (χ1n) is 5.66. The van der Waals surface area contributed by atoms with Gasteiger partial charge < -0.3 is 10.2 Å². The number of anilines is 3. The van der Waals surface area contributed by atoms with Crippen molar-refractivity contribution < 1.29 is 4.79 Å². The molecule has 0 fully saturated rings. The van der Waals surface area contributed by atoms with Gasteiger partial charge >= 0.3 is 0 Å². The summed E-state index contributed by atoms with van der Waals surface area (Å²) in [6.45, 7) is 0.318. The van der Waals surface area contributed by atoms with E-state index in [4.69, 9.17) is 11.6 Å². The topological polar surface area (TPSA) is 32.3 Å². The largest absolute Gasteiger partial charge is 0.330 e. The van der Waals surface area contributed by atoms with E-state index >= 15 is 0 Å². The summed E-state index contributed by atoms with van der Waals surface area (Å²) in [7, 11) is 0. The third-order valence-electron chi connectivity index (χ3n) is 2.91. The van der Waals surface area contributed by atoms with Gasteiger partial charge in [0.25, 0.3) is 0 Å². The normalized spacial score (nSPS) is 14.1. The van der Waals surface area contributed by atoms with Gasteiger partial charge in [-0.1, -0.05) is 23.7 Å². The first-order chi connectivity index (χ1) is 8.74. The van der Waals surface area contributed by atoms with Gasteiger partial charge in [0.2, 0.25) is 5.91 Å². The van der Waals surface area contributed by atoms with Gasteiger partial charge in [-0.05, 0) is 36.4 Å². The number of hydrogen-bond acceptors (Lipinski definition) is 2. The van der Waals surface area contributed by atoms with E-state index in [1.54, 1.807) is 0 Å². The van der Waals surface area contributed by atoms with Crippen LogP contribution in [0.25, 0.3) is 0 Å². The van der Waals surface area contributed by atoms with Crippen LogP contribution in [0, 0.1) is 0 Å². The molecule has 3 rings (SSSR count). The van der Waals surface area contributed by atoms with Crippen molar-refractivity contribution in [3.05, 3.63) is 53.6 Å². The van der Waals surface area contributed by atoms with Crippen molar-refractivity contribution in [2.75, 3.05) is 16.8 Å². The van der Waals surface area contributed by atoms with Crippen molar-refractivity contribution >= 4 is 34.6 Å². The molecule has 90 valence electrons. The maximum absolute atomic E-state index is 11.7. The molecule has 1 amide bonds. The molecule has 2 aromatic rings. The van der Waals surface area contributed by atoms with Crippen LogP contribution in [0.1, 0.15) is 0 Å². The Bertz CT molecular complexity index is 595. The molecule has 0 bridgehead atoms. The van der Waals surface area contributed by atoms with Crippen molar-refractivity contribution in [3.63, 3.8) is 0 Å². The van der Waals surface area contributed by atoms with E-state index in [0.29, 0.717) is 11.6 Å². The minimum Gasteiger partial charge on any atom is -0.330 e. The highest BCUT2D eigenvalue weighted by atomic mass is 35.5. The maximum atomic E-state index is 11.7. The fraction of sp³-hybridized carbons (Fsp3) is 0.0714. The highest BCUT2D eigenvalue weighted by Gasteiger charge is 2.22. The van der Waals surface area contributed by atoms with Crippen molar-refractivity contribution in [1.29, 1.82) is 0 Å². The third kappa shape index (κ3) is 1.93. The van der Waals surface area contributed by atoms with Crippen LogP contribution in [0.4, 0.5) is 17.1 Å². The molecular weight excluding hydrogens is 248 g/mol. The summed E-state index contributed by atoms with van der Waals surface area (Å²) in [5.74, 6) is -0.0105. The van der Waals surface area contributed by atoms with Crippen LogP contribution >= 0.6 is 11.6 Å². The number of rotatable bonds is 1. The number of hydrogen-bond donors (Lipinski definition) is 1. The summed E-state index contributed by atoms with van der Waals surface area (Å²) >= 11 is 5.88. The predicted octanol–water partition coefficient (Wildman–Crippen LogP) is 3.43. The molecule has 0 unspecified atom stereocenters. The van der Waals surface area contributed by atoms with Crippen LogP contribution in [0.2, 0.25) is 5.02 Å². The Morgan fingerprint density at radius 3 is 2.56 bits per heavy atom. The van der Waals surface area contributed by atoms with E-state index in [0.717, 1.165) is 17.1 Å². The lowest BCUT2D eigenvalue weighted by atomic mass is 10.1. The second kappa shape index (κ2) is 4.35. The molecule has 3 nitrogen and oxygen atoms in total. The van der Waals surface area contributed by atoms with Crippen molar-refractivity contribution in [2.45, 2.75) is 0 Å². The summed E-state index contributed by atoms with van der Waals surface area (Å²) in [6.07, 6.45) is 0. The highest BCUT2D eigenvalue weighted by molar-refractivity contribution is 6.30. The summed E-state index contributed by atoms with van der Waals surface area (Å²) in [5.41, 5.74) is 2.80. The van der Waals surface area contributed by atoms with Crippen LogP contribution < -0.4 is 10.2 Å². The third-order valence-corrected chi connectivity index (χ3v) is 3.16. The average molecular weight is 259 g/mol. The predicted molar refractivity (Wildman–Crippen MR) is 73.5 cm³/mol. The number of benzene rings is 2. The van der Waals surface area contributed by atoms with Crippen molar-refractivity contribution in [2.24, 2.45) is 0 Å². The van der Waals surface area contributed by atoms with E-state index in [1.165, 1.54) is 0 Å². The Morgan fingerprint density at radius 1 is 1.06 bits per heavy atom. The lowest BCUT2D eigenvalue weighted by Crippen LogP contribution is -2.34. The summed E-state index contributed by atoms with van der Waals surface area (Å²) in [6, 6.07) is 15.2. The number of fused-ring (bicyclic) bond motifs is 1. The Labute approximate surface area is 110 Å². The molecule has 1 N–H and O–H groups in total. The molecule has 18 heavy (non-hydrogen) atoms. The lowest BCUT2D eigenvalue weighted by molar-refractivity contribution is -0.115. The van der Waals surface area contributed by atoms with Crippen molar-refractivity contribution in [1.82, 2.24) is 0 Å². The molecule has 0 aliphatic carbocycles. The Balaban J connectivity index is 2.07. The molecule has 0 spiro atoms. The van der Waals surface area contributed by atoms with Crippen LogP contribution in [-0.2, 0) is 4.79 Å². The smallest absolute Gasteiger partial charge is 0.244 e. The van der Waals surface area contributed by atoms with E-state index in [-0.39, 0.29) is 5.91 Å². The molecule has 0 atom stereocenters. The Morgan fingerprint density at radius 2 is 1.78 bits per heavy atom. The van der Waals surface area contributed by atoms with E-state index in [2.05, 4.69) is 5.32 Å². The van der Waals surface area contributed by atoms with Gasteiger partial charge in [-0.15, -0.1) is 0 Å². The number of amides is 1. The molecule has 1 heterocycles. The SMILES string of the molecule is O=C1CN(c2ccc(Cl)cc2)c2ccccc2N1. The van der Waals surface area contributed by atoms with Crippen molar-refractivity contribution in [3.8, 4) is 0 Å².